The van der Waals surface area contributed by atoms with E-state index < -0.39 is 0 Å². The minimum Gasteiger partial charge on any atom is -0.355 e. The van der Waals surface area contributed by atoms with E-state index in [1.54, 1.807) is 12.1 Å². The van der Waals surface area contributed by atoms with Crippen LogP contribution in [0.3, 0.4) is 0 Å². The Morgan fingerprint density at radius 3 is 2.73 bits per heavy atom. The number of fused-ring (bicyclic) bond motifs is 1. The highest BCUT2D eigenvalue weighted by Crippen LogP contribution is 2.09. The molecular weight excluding hydrogens is 333 g/mol. The van der Waals surface area contributed by atoms with Crippen LogP contribution in [0.4, 0.5) is 4.39 Å². The zero-order valence-corrected chi connectivity index (χ0v) is 14.2. The molecule has 1 aromatic heterocycles. The number of aromatic nitrogens is 1. The van der Waals surface area contributed by atoms with Crippen LogP contribution in [0, 0.1) is 5.82 Å². The summed E-state index contributed by atoms with van der Waals surface area (Å²) in [6.07, 6.45) is 0.141. The summed E-state index contributed by atoms with van der Waals surface area (Å²) in [6.45, 7) is 1.38. The average Bonchev–Trinajstić information content (AvgIpc) is 2.61. The van der Waals surface area contributed by atoms with Crippen molar-refractivity contribution in [2.45, 2.75) is 13.0 Å². The molecule has 1 amide bonds. The summed E-state index contributed by atoms with van der Waals surface area (Å²) in [5, 5.41) is 6.89. The van der Waals surface area contributed by atoms with Gasteiger partial charge >= 0.3 is 0 Å². The molecule has 5 nitrogen and oxygen atoms in total. The molecule has 6 heteroatoms. The molecule has 0 saturated heterocycles. The van der Waals surface area contributed by atoms with Crippen molar-refractivity contribution in [3.8, 4) is 0 Å². The van der Waals surface area contributed by atoms with Crippen molar-refractivity contribution in [3.05, 3.63) is 81.9 Å². The Hall–Kier alpha value is -2.99. The van der Waals surface area contributed by atoms with Crippen molar-refractivity contribution < 1.29 is 9.18 Å². The normalized spacial score (nSPS) is 10.8. The number of rotatable bonds is 7. The van der Waals surface area contributed by atoms with Crippen molar-refractivity contribution in [1.82, 2.24) is 15.6 Å². The second kappa shape index (κ2) is 8.40. The van der Waals surface area contributed by atoms with E-state index in [1.165, 1.54) is 12.1 Å². The van der Waals surface area contributed by atoms with Gasteiger partial charge in [0.1, 0.15) is 5.82 Å². The van der Waals surface area contributed by atoms with Crippen molar-refractivity contribution in [2.24, 2.45) is 0 Å². The van der Waals surface area contributed by atoms with Crippen LogP contribution < -0.4 is 16.2 Å². The molecule has 0 aliphatic rings. The lowest BCUT2D eigenvalue weighted by Crippen LogP contribution is -2.33. The molecule has 0 aliphatic heterocycles. The zero-order valence-electron chi connectivity index (χ0n) is 14.2. The van der Waals surface area contributed by atoms with Crippen molar-refractivity contribution in [2.75, 3.05) is 13.1 Å². The van der Waals surface area contributed by atoms with Crippen molar-refractivity contribution in [3.63, 3.8) is 0 Å². The quantitative estimate of drug-likeness (QED) is 0.570. The molecule has 0 spiro atoms. The van der Waals surface area contributed by atoms with E-state index in [0.717, 1.165) is 10.9 Å². The van der Waals surface area contributed by atoms with Gasteiger partial charge in [0, 0.05) is 30.7 Å². The largest absolute Gasteiger partial charge is 0.355 e. The third-order valence-corrected chi connectivity index (χ3v) is 4.02. The highest BCUT2D eigenvalue weighted by molar-refractivity contribution is 5.79. The molecule has 3 aromatic rings. The molecular formula is C20H20FN3O2. The van der Waals surface area contributed by atoms with Gasteiger partial charge in [0.2, 0.25) is 5.91 Å². The summed E-state index contributed by atoms with van der Waals surface area (Å²) in [7, 11) is 0. The van der Waals surface area contributed by atoms with Crippen LogP contribution in [0.5, 0.6) is 0 Å². The standard InChI is InChI=1S/C20H20FN3O2/c21-17-6-3-4-14(10-17)11-19(25)23-9-8-22-13-16-12-15-5-1-2-7-18(15)24-20(16)26/h1-7,10,12,22H,8-9,11,13H2,(H,23,25)(H,24,26). The van der Waals surface area contributed by atoms with Gasteiger partial charge in [0.05, 0.1) is 6.42 Å². The molecule has 0 saturated carbocycles. The fraction of sp³-hybridized carbons (Fsp3) is 0.200. The van der Waals surface area contributed by atoms with E-state index in [4.69, 9.17) is 0 Å². The highest BCUT2D eigenvalue weighted by atomic mass is 19.1. The predicted octanol–water partition coefficient (Wildman–Crippen LogP) is 2.12. The molecule has 3 rings (SSSR count). The number of aromatic amines is 1. The van der Waals surface area contributed by atoms with Gasteiger partial charge in [0.25, 0.3) is 5.56 Å². The monoisotopic (exact) mass is 353 g/mol. The van der Waals surface area contributed by atoms with E-state index in [9.17, 15) is 14.0 Å². The number of nitrogens with one attached hydrogen (secondary N) is 3. The van der Waals surface area contributed by atoms with E-state index in [0.29, 0.717) is 30.8 Å². The first-order valence-corrected chi connectivity index (χ1v) is 8.44. The Labute approximate surface area is 150 Å². The number of H-pyrrole nitrogens is 1. The molecule has 0 unspecified atom stereocenters. The first kappa shape index (κ1) is 17.8. The minimum absolute atomic E-state index is 0.119. The summed E-state index contributed by atoms with van der Waals surface area (Å²) in [5.74, 6) is -0.515. The Morgan fingerprint density at radius 2 is 1.88 bits per heavy atom. The topological polar surface area (TPSA) is 74.0 Å². The van der Waals surface area contributed by atoms with E-state index in [-0.39, 0.29) is 23.7 Å². The molecule has 2 aromatic carbocycles. The molecule has 0 fully saturated rings. The molecule has 26 heavy (non-hydrogen) atoms. The maximum atomic E-state index is 13.1. The molecule has 3 N–H and O–H groups in total. The summed E-state index contributed by atoms with van der Waals surface area (Å²) < 4.78 is 13.1. The maximum Gasteiger partial charge on any atom is 0.252 e. The number of benzene rings is 2. The van der Waals surface area contributed by atoms with Crippen LogP contribution in [-0.4, -0.2) is 24.0 Å². The van der Waals surface area contributed by atoms with Gasteiger partial charge in [-0.1, -0.05) is 30.3 Å². The summed E-state index contributed by atoms with van der Waals surface area (Å²) in [4.78, 5) is 26.7. The van der Waals surface area contributed by atoms with E-state index in [1.807, 2.05) is 30.3 Å². The van der Waals surface area contributed by atoms with Gasteiger partial charge in [-0.05, 0) is 35.2 Å². The van der Waals surface area contributed by atoms with Gasteiger partial charge in [-0.2, -0.15) is 0 Å². The lowest BCUT2D eigenvalue weighted by atomic mass is 10.1. The Kier molecular flexibility index (Phi) is 5.76. The number of carbonyl (C=O) groups is 1. The van der Waals surface area contributed by atoms with Gasteiger partial charge < -0.3 is 15.6 Å². The Bertz CT molecular complexity index is 968. The number of halogens is 1. The summed E-state index contributed by atoms with van der Waals surface area (Å²) in [5.41, 5.74) is 1.98. The van der Waals surface area contributed by atoms with Gasteiger partial charge in [-0.25, -0.2) is 4.39 Å². The second-order valence-electron chi connectivity index (χ2n) is 6.04. The molecule has 0 bridgehead atoms. The Morgan fingerprint density at radius 1 is 1.04 bits per heavy atom. The van der Waals surface area contributed by atoms with Crippen LogP contribution in [0.1, 0.15) is 11.1 Å². The number of hydrogen-bond acceptors (Lipinski definition) is 3. The lowest BCUT2D eigenvalue weighted by Gasteiger charge is -2.08. The third kappa shape index (κ3) is 4.77. The van der Waals surface area contributed by atoms with Crippen molar-refractivity contribution in [1.29, 1.82) is 0 Å². The SMILES string of the molecule is O=C(Cc1cccc(F)c1)NCCNCc1cc2ccccc2[nH]c1=O. The van der Waals surface area contributed by atoms with Gasteiger partial charge in [-0.3, -0.25) is 9.59 Å². The van der Waals surface area contributed by atoms with E-state index >= 15 is 0 Å². The number of pyridine rings is 1. The van der Waals surface area contributed by atoms with Gasteiger partial charge in [0.15, 0.2) is 0 Å². The maximum absolute atomic E-state index is 13.1. The van der Waals surface area contributed by atoms with Crippen LogP contribution in [0.2, 0.25) is 0 Å². The molecule has 134 valence electrons. The number of amides is 1. The summed E-state index contributed by atoms with van der Waals surface area (Å²) in [6, 6.07) is 15.5. The first-order chi connectivity index (χ1) is 12.6. The van der Waals surface area contributed by atoms with Gasteiger partial charge in [-0.15, -0.1) is 0 Å². The zero-order chi connectivity index (χ0) is 18.4. The Balaban J connectivity index is 1.43. The average molecular weight is 353 g/mol. The lowest BCUT2D eigenvalue weighted by molar-refractivity contribution is -0.120. The van der Waals surface area contributed by atoms with Crippen molar-refractivity contribution >= 4 is 16.8 Å². The molecule has 0 radical (unpaired) electrons. The molecule has 0 atom stereocenters. The predicted molar refractivity (Wildman–Crippen MR) is 99.4 cm³/mol. The fourth-order valence-corrected chi connectivity index (χ4v) is 2.73. The van der Waals surface area contributed by atoms with Crippen LogP contribution >= 0.6 is 0 Å². The number of hydrogen-bond donors (Lipinski definition) is 3. The molecule has 1 heterocycles. The smallest absolute Gasteiger partial charge is 0.252 e. The van der Waals surface area contributed by atoms with Crippen LogP contribution in [0.25, 0.3) is 10.9 Å². The first-order valence-electron chi connectivity index (χ1n) is 8.44. The molecule has 0 aliphatic carbocycles. The minimum atomic E-state index is -0.349. The van der Waals surface area contributed by atoms with E-state index in [2.05, 4.69) is 15.6 Å². The highest BCUT2D eigenvalue weighted by Gasteiger charge is 2.05. The summed E-state index contributed by atoms with van der Waals surface area (Å²) >= 11 is 0. The third-order valence-electron chi connectivity index (χ3n) is 4.02. The number of carbonyl (C=O) groups excluding carboxylic acids is 1. The second-order valence-corrected chi connectivity index (χ2v) is 6.04. The fourth-order valence-electron chi connectivity index (χ4n) is 2.73. The number of para-hydroxylation sites is 1. The van der Waals surface area contributed by atoms with Crippen LogP contribution in [0.15, 0.2) is 59.4 Å². The van der Waals surface area contributed by atoms with Crippen LogP contribution in [-0.2, 0) is 17.8 Å².